The van der Waals surface area contributed by atoms with Gasteiger partial charge < -0.3 is 19.7 Å². The van der Waals surface area contributed by atoms with E-state index in [1.165, 1.54) is 4.90 Å². The van der Waals surface area contributed by atoms with Crippen LogP contribution < -0.4 is 14.8 Å². The molecule has 1 aromatic carbocycles. The Labute approximate surface area is 124 Å². The van der Waals surface area contributed by atoms with E-state index < -0.39 is 6.04 Å². The van der Waals surface area contributed by atoms with Gasteiger partial charge in [-0.1, -0.05) is 19.1 Å². The predicted octanol–water partition coefficient (Wildman–Crippen LogP) is 0.811. The van der Waals surface area contributed by atoms with E-state index in [4.69, 9.17) is 9.47 Å². The molecule has 6 heteroatoms. The van der Waals surface area contributed by atoms with Crippen LogP contribution in [0.15, 0.2) is 24.3 Å². The van der Waals surface area contributed by atoms with Gasteiger partial charge in [0.25, 0.3) is 0 Å². The van der Waals surface area contributed by atoms with Crippen LogP contribution in [0.25, 0.3) is 0 Å². The van der Waals surface area contributed by atoms with Gasteiger partial charge in [0.2, 0.25) is 11.8 Å². The van der Waals surface area contributed by atoms with E-state index in [0.29, 0.717) is 31.1 Å². The average molecular weight is 292 g/mol. The molecule has 1 fully saturated rings. The molecule has 1 unspecified atom stereocenters. The lowest BCUT2D eigenvalue weighted by Gasteiger charge is -2.31. The molecular formula is C15H20N2O4. The highest BCUT2D eigenvalue weighted by atomic mass is 16.5. The minimum atomic E-state index is -0.419. The van der Waals surface area contributed by atoms with Gasteiger partial charge in [-0.15, -0.1) is 0 Å². The Kier molecular flexibility index (Phi) is 5.03. The molecule has 0 radical (unpaired) electrons. The lowest BCUT2D eigenvalue weighted by Crippen LogP contribution is -2.58. The second kappa shape index (κ2) is 6.97. The summed E-state index contributed by atoms with van der Waals surface area (Å²) in [6.07, 6.45) is 0.592. The Morgan fingerprint density at radius 3 is 2.67 bits per heavy atom. The molecule has 1 N–H and O–H groups in total. The van der Waals surface area contributed by atoms with Crippen LogP contribution in [0.5, 0.6) is 11.5 Å². The molecule has 21 heavy (non-hydrogen) atoms. The van der Waals surface area contributed by atoms with Gasteiger partial charge in [-0.3, -0.25) is 9.59 Å². The van der Waals surface area contributed by atoms with Crippen molar-refractivity contribution in [2.45, 2.75) is 19.4 Å². The largest absolute Gasteiger partial charge is 0.493 e. The summed E-state index contributed by atoms with van der Waals surface area (Å²) in [4.78, 5) is 25.2. The zero-order valence-electron chi connectivity index (χ0n) is 12.3. The number of carbonyl (C=O) groups excluding carboxylic acids is 2. The van der Waals surface area contributed by atoms with Crippen LogP contribution >= 0.6 is 0 Å². The normalized spacial score (nSPS) is 18.4. The van der Waals surface area contributed by atoms with E-state index in [0.717, 1.165) is 0 Å². The Bertz CT molecular complexity index is 518. The zero-order valence-corrected chi connectivity index (χ0v) is 12.3. The summed E-state index contributed by atoms with van der Waals surface area (Å²) in [5.74, 6) is 1.09. The molecule has 1 atom stereocenters. The lowest BCUT2D eigenvalue weighted by atomic mass is 10.1. The summed E-state index contributed by atoms with van der Waals surface area (Å²) in [5, 5.41) is 2.68. The number of carbonyl (C=O) groups is 2. The first-order valence-electron chi connectivity index (χ1n) is 6.99. The first-order chi connectivity index (χ1) is 10.2. The zero-order chi connectivity index (χ0) is 15.2. The SMILES string of the molecule is CCC1NC(=O)CN(CCOc2ccccc2OC)C1=O. The fraction of sp³-hybridized carbons (Fsp3) is 0.467. The van der Waals surface area contributed by atoms with Crippen molar-refractivity contribution in [1.82, 2.24) is 10.2 Å². The fourth-order valence-electron chi connectivity index (χ4n) is 2.24. The summed E-state index contributed by atoms with van der Waals surface area (Å²) >= 11 is 0. The van der Waals surface area contributed by atoms with Crippen LogP contribution in [0.2, 0.25) is 0 Å². The number of rotatable bonds is 6. The predicted molar refractivity (Wildman–Crippen MR) is 77.3 cm³/mol. The molecule has 0 aliphatic carbocycles. The number of para-hydroxylation sites is 2. The van der Waals surface area contributed by atoms with E-state index in [1.54, 1.807) is 13.2 Å². The average Bonchev–Trinajstić information content (AvgIpc) is 2.50. The molecule has 1 aliphatic heterocycles. The topological polar surface area (TPSA) is 67.9 Å². The van der Waals surface area contributed by atoms with Gasteiger partial charge in [0.1, 0.15) is 12.6 Å². The van der Waals surface area contributed by atoms with Crippen molar-refractivity contribution in [3.05, 3.63) is 24.3 Å². The number of hydrogen-bond donors (Lipinski definition) is 1. The number of benzene rings is 1. The van der Waals surface area contributed by atoms with E-state index in [2.05, 4.69) is 5.32 Å². The maximum atomic E-state index is 12.1. The second-order valence-corrected chi connectivity index (χ2v) is 4.79. The number of amides is 2. The molecule has 1 aliphatic rings. The fourth-order valence-corrected chi connectivity index (χ4v) is 2.24. The molecule has 0 bridgehead atoms. The number of methoxy groups -OCH3 is 1. The minimum absolute atomic E-state index is 0.0549. The van der Waals surface area contributed by atoms with Gasteiger partial charge >= 0.3 is 0 Å². The van der Waals surface area contributed by atoms with Gasteiger partial charge in [0.05, 0.1) is 20.2 Å². The molecular weight excluding hydrogens is 272 g/mol. The lowest BCUT2D eigenvalue weighted by molar-refractivity contribution is -0.144. The van der Waals surface area contributed by atoms with Crippen molar-refractivity contribution < 1.29 is 19.1 Å². The second-order valence-electron chi connectivity index (χ2n) is 4.79. The molecule has 1 saturated heterocycles. The third kappa shape index (κ3) is 3.65. The highest BCUT2D eigenvalue weighted by Gasteiger charge is 2.30. The molecule has 1 heterocycles. The Balaban J connectivity index is 1.90. The minimum Gasteiger partial charge on any atom is -0.493 e. The molecule has 1 aromatic rings. The van der Waals surface area contributed by atoms with Crippen LogP contribution in [0, 0.1) is 0 Å². The van der Waals surface area contributed by atoms with Crippen LogP contribution in [0.3, 0.4) is 0 Å². The molecule has 2 amide bonds. The standard InChI is InChI=1S/C15H20N2O4/c1-3-11-15(19)17(10-14(18)16-11)8-9-21-13-7-5-4-6-12(13)20-2/h4-7,11H,3,8-10H2,1-2H3,(H,16,18). The number of piperazine rings is 1. The quantitative estimate of drug-likeness (QED) is 0.842. The van der Waals surface area contributed by atoms with E-state index >= 15 is 0 Å². The summed E-state index contributed by atoms with van der Waals surface area (Å²) in [7, 11) is 1.58. The van der Waals surface area contributed by atoms with Gasteiger partial charge in [-0.05, 0) is 18.6 Å². The highest BCUT2D eigenvalue weighted by molar-refractivity contribution is 5.94. The van der Waals surface area contributed by atoms with E-state index in [-0.39, 0.29) is 18.4 Å². The van der Waals surface area contributed by atoms with Gasteiger partial charge in [-0.2, -0.15) is 0 Å². The third-order valence-electron chi connectivity index (χ3n) is 3.38. The summed E-state index contributed by atoms with van der Waals surface area (Å²) in [5.41, 5.74) is 0. The van der Waals surface area contributed by atoms with Gasteiger partial charge in [0, 0.05) is 0 Å². The Hall–Kier alpha value is -2.24. The van der Waals surface area contributed by atoms with Gasteiger partial charge in [0.15, 0.2) is 11.5 Å². The molecule has 0 saturated carbocycles. The number of ether oxygens (including phenoxy) is 2. The van der Waals surface area contributed by atoms with Crippen LogP contribution in [-0.2, 0) is 9.59 Å². The Morgan fingerprint density at radius 1 is 1.29 bits per heavy atom. The highest BCUT2D eigenvalue weighted by Crippen LogP contribution is 2.25. The monoisotopic (exact) mass is 292 g/mol. The first kappa shape index (κ1) is 15.2. The molecule has 0 spiro atoms. The van der Waals surface area contributed by atoms with Crippen molar-refractivity contribution in [1.29, 1.82) is 0 Å². The molecule has 6 nitrogen and oxygen atoms in total. The summed E-state index contributed by atoms with van der Waals surface area (Å²) in [6.45, 7) is 2.65. The van der Waals surface area contributed by atoms with Gasteiger partial charge in [-0.25, -0.2) is 0 Å². The maximum absolute atomic E-state index is 12.1. The summed E-state index contributed by atoms with van der Waals surface area (Å²) in [6, 6.07) is 6.90. The number of hydrogen-bond acceptors (Lipinski definition) is 4. The smallest absolute Gasteiger partial charge is 0.245 e. The number of nitrogens with zero attached hydrogens (tertiary/aromatic N) is 1. The van der Waals surface area contributed by atoms with Crippen LogP contribution in [-0.4, -0.2) is 49.6 Å². The van der Waals surface area contributed by atoms with Crippen molar-refractivity contribution >= 4 is 11.8 Å². The maximum Gasteiger partial charge on any atom is 0.245 e. The van der Waals surface area contributed by atoms with E-state index in [9.17, 15) is 9.59 Å². The van der Waals surface area contributed by atoms with E-state index in [1.807, 2.05) is 25.1 Å². The third-order valence-corrected chi connectivity index (χ3v) is 3.38. The summed E-state index contributed by atoms with van der Waals surface area (Å²) < 4.78 is 10.8. The molecule has 2 rings (SSSR count). The van der Waals surface area contributed by atoms with Crippen LogP contribution in [0.1, 0.15) is 13.3 Å². The van der Waals surface area contributed by atoms with Crippen LogP contribution in [0.4, 0.5) is 0 Å². The number of nitrogens with one attached hydrogen (secondary N) is 1. The van der Waals surface area contributed by atoms with Crippen molar-refractivity contribution in [3.8, 4) is 11.5 Å². The first-order valence-corrected chi connectivity index (χ1v) is 6.99. The van der Waals surface area contributed by atoms with Crippen molar-refractivity contribution in [3.63, 3.8) is 0 Å². The van der Waals surface area contributed by atoms with Crippen molar-refractivity contribution in [2.24, 2.45) is 0 Å². The molecule has 0 aromatic heterocycles. The molecule has 114 valence electrons. The van der Waals surface area contributed by atoms with Crippen molar-refractivity contribution in [2.75, 3.05) is 26.8 Å². The Morgan fingerprint density at radius 2 is 2.00 bits per heavy atom.